The maximum absolute atomic E-state index is 4.79. The highest BCUT2D eigenvalue weighted by Gasteiger charge is 2.53. The zero-order valence-corrected chi connectivity index (χ0v) is 10.5. The topological polar surface area (TPSA) is 12.4 Å². The molecule has 0 aromatic carbocycles. The van der Waals surface area contributed by atoms with Gasteiger partial charge in [-0.15, -0.1) is 6.58 Å². The smallest absolute Gasteiger partial charge is 0.0836 e. The summed E-state index contributed by atoms with van der Waals surface area (Å²) in [5.74, 6) is 2.90. The lowest BCUT2D eigenvalue weighted by Crippen LogP contribution is -2.50. The number of hydrogen-bond donors (Lipinski definition) is 0. The SMILES string of the molecule is C=CC(N=C=S)C12CC3CC(CC(C3)C1)C2. The van der Waals surface area contributed by atoms with Gasteiger partial charge in [-0.1, -0.05) is 6.08 Å². The van der Waals surface area contributed by atoms with Crippen LogP contribution < -0.4 is 0 Å². The van der Waals surface area contributed by atoms with E-state index in [2.05, 4.69) is 16.7 Å². The van der Waals surface area contributed by atoms with Crippen molar-refractivity contribution in [2.24, 2.45) is 28.2 Å². The standard InChI is InChI=1S/C14H19NS/c1-2-13(15-9-16)14-6-10-3-11(7-14)5-12(4-10)8-14/h2,10-13H,1,3-8H2. The highest BCUT2D eigenvalue weighted by atomic mass is 32.1. The van der Waals surface area contributed by atoms with Gasteiger partial charge in [-0.2, -0.15) is 0 Å². The molecule has 4 bridgehead atoms. The van der Waals surface area contributed by atoms with Gasteiger partial charge in [-0.25, -0.2) is 4.99 Å². The number of isothiocyanates is 1. The zero-order chi connectivity index (χ0) is 11.2. The van der Waals surface area contributed by atoms with Gasteiger partial charge in [0.15, 0.2) is 0 Å². The van der Waals surface area contributed by atoms with Gasteiger partial charge in [0.25, 0.3) is 0 Å². The van der Waals surface area contributed by atoms with Crippen LogP contribution in [0.2, 0.25) is 0 Å². The first-order chi connectivity index (χ1) is 7.75. The number of hydrogen-bond acceptors (Lipinski definition) is 2. The predicted molar refractivity (Wildman–Crippen MR) is 69.6 cm³/mol. The molecule has 0 aromatic rings. The van der Waals surface area contributed by atoms with Crippen LogP contribution in [-0.2, 0) is 0 Å². The molecule has 0 N–H and O–H groups in total. The van der Waals surface area contributed by atoms with Gasteiger partial charge >= 0.3 is 0 Å². The Morgan fingerprint density at radius 2 is 1.69 bits per heavy atom. The molecule has 16 heavy (non-hydrogen) atoms. The maximum atomic E-state index is 4.79. The second-order valence-electron chi connectivity index (χ2n) is 6.18. The third-order valence-electron chi connectivity index (χ3n) is 5.13. The largest absolute Gasteiger partial charge is 0.224 e. The molecule has 0 spiro atoms. The van der Waals surface area contributed by atoms with Gasteiger partial charge in [-0.3, -0.25) is 0 Å². The summed E-state index contributed by atoms with van der Waals surface area (Å²) in [7, 11) is 0. The summed E-state index contributed by atoms with van der Waals surface area (Å²) >= 11 is 4.79. The van der Waals surface area contributed by atoms with Crippen LogP contribution >= 0.6 is 12.2 Å². The summed E-state index contributed by atoms with van der Waals surface area (Å²) in [5.41, 5.74) is 0.405. The second-order valence-corrected chi connectivity index (χ2v) is 6.36. The van der Waals surface area contributed by atoms with E-state index in [9.17, 15) is 0 Å². The molecule has 86 valence electrons. The molecule has 1 atom stereocenters. The molecular formula is C14H19NS. The van der Waals surface area contributed by atoms with Gasteiger partial charge < -0.3 is 0 Å². The minimum atomic E-state index is 0.235. The van der Waals surface area contributed by atoms with Gasteiger partial charge in [0.2, 0.25) is 0 Å². The van der Waals surface area contributed by atoms with Gasteiger partial charge in [0.05, 0.1) is 11.2 Å². The van der Waals surface area contributed by atoms with E-state index >= 15 is 0 Å². The summed E-state index contributed by atoms with van der Waals surface area (Å²) in [6.45, 7) is 3.96. The van der Waals surface area contributed by atoms with Crippen LogP contribution in [0.4, 0.5) is 0 Å². The Balaban J connectivity index is 1.92. The molecule has 1 nitrogen and oxygen atoms in total. The molecule has 0 saturated heterocycles. The van der Waals surface area contributed by atoms with Gasteiger partial charge in [0, 0.05) is 0 Å². The van der Waals surface area contributed by atoms with Crippen molar-refractivity contribution >= 4 is 17.4 Å². The Kier molecular flexibility index (Phi) is 2.53. The average Bonchev–Trinajstić information content (AvgIpc) is 2.23. The van der Waals surface area contributed by atoms with Crippen LogP contribution in [-0.4, -0.2) is 11.2 Å². The van der Waals surface area contributed by atoms with Gasteiger partial charge in [-0.05, 0) is 73.9 Å². The lowest BCUT2D eigenvalue weighted by Gasteiger charge is -2.58. The summed E-state index contributed by atoms with van der Waals surface area (Å²) in [4.78, 5) is 4.38. The molecule has 0 amide bonds. The predicted octanol–water partition coefficient (Wildman–Crippen LogP) is 3.86. The third kappa shape index (κ3) is 1.51. The molecule has 0 aromatic heterocycles. The highest BCUT2D eigenvalue weighted by Crippen LogP contribution is 2.61. The highest BCUT2D eigenvalue weighted by molar-refractivity contribution is 7.78. The fourth-order valence-corrected chi connectivity index (χ4v) is 5.15. The van der Waals surface area contributed by atoms with Crippen LogP contribution in [0.3, 0.4) is 0 Å². The second kappa shape index (κ2) is 3.78. The van der Waals surface area contributed by atoms with E-state index in [0.29, 0.717) is 5.41 Å². The average molecular weight is 233 g/mol. The van der Waals surface area contributed by atoms with Crippen LogP contribution in [0.25, 0.3) is 0 Å². The van der Waals surface area contributed by atoms with Gasteiger partial charge in [0.1, 0.15) is 0 Å². The van der Waals surface area contributed by atoms with Crippen molar-refractivity contribution in [1.29, 1.82) is 0 Å². The fraction of sp³-hybridized carbons (Fsp3) is 0.786. The molecule has 4 aliphatic rings. The van der Waals surface area contributed by atoms with Crippen molar-refractivity contribution in [1.82, 2.24) is 0 Å². The van der Waals surface area contributed by atoms with E-state index in [0.717, 1.165) is 17.8 Å². The first kappa shape index (κ1) is 10.7. The summed E-state index contributed by atoms with van der Waals surface area (Å²) in [5, 5.41) is 2.58. The monoisotopic (exact) mass is 233 g/mol. The van der Waals surface area contributed by atoms with Crippen molar-refractivity contribution in [3.63, 3.8) is 0 Å². The third-order valence-corrected chi connectivity index (χ3v) is 5.23. The lowest BCUT2D eigenvalue weighted by molar-refractivity contribution is -0.0584. The molecule has 1 unspecified atom stereocenters. The zero-order valence-electron chi connectivity index (χ0n) is 9.69. The summed E-state index contributed by atoms with van der Waals surface area (Å²) in [6.07, 6.45) is 10.5. The molecule has 0 heterocycles. The molecule has 4 rings (SSSR count). The molecular weight excluding hydrogens is 214 g/mol. The minimum absolute atomic E-state index is 0.235. The first-order valence-corrected chi connectivity index (χ1v) is 6.86. The van der Waals surface area contributed by atoms with Crippen molar-refractivity contribution in [3.8, 4) is 0 Å². The Morgan fingerprint density at radius 1 is 1.19 bits per heavy atom. The normalized spacial score (nSPS) is 46.1. The van der Waals surface area contributed by atoms with Crippen LogP contribution in [0.1, 0.15) is 38.5 Å². The van der Waals surface area contributed by atoms with Crippen LogP contribution in [0, 0.1) is 23.2 Å². The number of rotatable bonds is 3. The van der Waals surface area contributed by atoms with Crippen LogP contribution in [0.15, 0.2) is 17.6 Å². The number of nitrogens with zero attached hydrogens (tertiary/aromatic N) is 1. The molecule has 0 aliphatic heterocycles. The Labute approximate surface area is 103 Å². The molecule has 2 heteroatoms. The number of thiocarbonyl (C=S) groups is 1. The van der Waals surface area contributed by atoms with Crippen molar-refractivity contribution in [2.75, 3.05) is 0 Å². The fourth-order valence-electron chi connectivity index (χ4n) is 5.04. The van der Waals surface area contributed by atoms with E-state index in [4.69, 9.17) is 12.2 Å². The van der Waals surface area contributed by atoms with E-state index in [1.807, 2.05) is 6.08 Å². The molecule has 4 fully saturated rings. The van der Waals surface area contributed by atoms with E-state index in [-0.39, 0.29) is 6.04 Å². The molecule has 4 saturated carbocycles. The van der Waals surface area contributed by atoms with Crippen LogP contribution in [0.5, 0.6) is 0 Å². The summed E-state index contributed by atoms with van der Waals surface area (Å²) < 4.78 is 0. The minimum Gasteiger partial charge on any atom is -0.224 e. The maximum Gasteiger partial charge on any atom is 0.0836 e. The van der Waals surface area contributed by atoms with E-state index in [1.165, 1.54) is 38.5 Å². The Morgan fingerprint density at radius 3 is 2.06 bits per heavy atom. The lowest BCUT2D eigenvalue weighted by atomic mass is 9.48. The van der Waals surface area contributed by atoms with Crippen molar-refractivity contribution in [2.45, 2.75) is 44.6 Å². The Bertz CT molecular complexity index is 318. The van der Waals surface area contributed by atoms with Crippen molar-refractivity contribution < 1.29 is 0 Å². The number of aliphatic imine (C=N–C) groups is 1. The first-order valence-electron chi connectivity index (χ1n) is 6.45. The molecule has 4 aliphatic carbocycles. The summed E-state index contributed by atoms with van der Waals surface area (Å²) in [6, 6.07) is 0.235. The van der Waals surface area contributed by atoms with Crippen molar-refractivity contribution in [3.05, 3.63) is 12.7 Å². The van der Waals surface area contributed by atoms with E-state index < -0.39 is 0 Å². The van der Waals surface area contributed by atoms with E-state index in [1.54, 1.807) is 0 Å². The quantitative estimate of drug-likeness (QED) is 0.409. The Hall–Kier alpha value is -0.460. The molecule has 0 radical (unpaired) electrons.